The molecule has 1 aromatic carbocycles. The number of hydrogen-bond donors (Lipinski definition) is 1. The predicted octanol–water partition coefficient (Wildman–Crippen LogP) is 4.87. The van der Waals surface area contributed by atoms with Crippen LogP contribution in [0.2, 0.25) is 0 Å². The number of anilines is 1. The fourth-order valence-corrected chi connectivity index (χ4v) is 4.42. The maximum Gasteiger partial charge on any atom is 0.419 e. The molecule has 194 valence electrons. The lowest BCUT2D eigenvalue weighted by Gasteiger charge is -2.15. The van der Waals surface area contributed by atoms with Crippen molar-refractivity contribution >= 4 is 27.8 Å². The van der Waals surface area contributed by atoms with Crippen LogP contribution in [0.4, 0.5) is 19.0 Å². The van der Waals surface area contributed by atoms with Crippen molar-refractivity contribution in [3.63, 3.8) is 0 Å². The largest absolute Gasteiger partial charge is 0.419 e. The van der Waals surface area contributed by atoms with Crippen molar-refractivity contribution in [1.82, 2.24) is 24.1 Å². The van der Waals surface area contributed by atoms with Crippen LogP contribution in [0.1, 0.15) is 25.1 Å². The minimum atomic E-state index is -4.65. The van der Waals surface area contributed by atoms with E-state index in [1.807, 2.05) is 10.6 Å². The van der Waals surface area contributed by atoms with Gasteiger partial charge in [0.2, 0.25) is 5.62 Å². The summed E-state index contributed by atoms with van der Waals surface area (Å²) in [6, 6.07) is 14.3. The number of fused-ring (bicyclic) bond motifs is 3. The van der Waals surface area contributed by atoms with Gasteiger partial charge in [-0.2, -0.15) is 23.4 Å². The summed E-state index contributed by atoms with van der Waals surface area (Å²) in [5, 5.41) is 10.1. The molecule has 4 aromatic heterocycles. The molecule has 11 heteroatoms. The van der Waals surface area contributed by atoms with E-state index in [4.69, 9.17) is 12.2 Å². The van der Waals surface area contributed by atoms with Gasteiger partial charge in [-0.15, -0.1) is 0 Å². The lowest BCUT2D eigenvalue weighted by molar-refractivity contribution is -0.137. The molecule has 0 radical (unpaired) electrons. The van der Waals surface area contributed by atoms with Crippen LogP contribution >= 0.6 is 0 Å². The summed E-state index contributed by atoms with van der Waals surface area (Å²) in [6.07, 6.45) is 5.51. The second-order valence-corrected chi connectivity index (χ2v) is 9.45. The van der Waals surface area contributed by atoms with E-state index >= 15 is 0 Å². The SMILES string of the molecule is C#CN=c1n(C)c2cnc3ccc(-c4cnc(N)c(C(F)(F)F)c4)cc3c2n1-c1ccc(C(C)(C)C#N)nc1. The highest BCUT2D eigenvalue weighted by Gasteiger charge is 2.34. The normalized spacial score (nSPS) is 12.6. The number of nitrogen functional groups attached to an aromatic ring is 1. The van der Waals surface area contributed by atoms with Gasteiger partial charge in [-0.1, -0.05) is 12.5 Å². The molecule has 0 aliphatic carbocycles. The topological polar surface area (TPSA) is 111 Å². The lowest BCUT2D eigenvalue weighted by atomic mass is 9.91. The third kappa shape index (κ3) is 4.24. The molecule has 0 fully saturated rings. The molecule has 0 atom stereocenters. The Balaban J connectivity index is 1.82. The first-order chi connectivity index (χ1) is 18.5. The first-order valence-corrected chi connectivity index (χ1v) is 11.7. The second kappa shape index (κ2) is 8.99. The molecule has 5 aromatic rings. The van der Waals surface area contributed by atoms with Gasteiger partial charge >= 0.3 is 6.18 Å². The van der Waals surface area contributed by atoms with Crippen LogP contribution in [0, 0.1) is 23.8 Å². The van der Waals surface area contributed by atoms with Crippen molar-refractivity contribution in [1.29, 1.82) is 5.26 Å². The fraction of sp³-hybridized carbons (Fsp3) is 0.179. The van der Waals surface area contributed by atoms with E-state index in [-0.39, 0.29) is 5.56 Å². The molecule has 0 saturated heterocycles. The van der Waals surface area contributed by atoms with Crippen molar-refractivity contribution in [2.24, 2.45) is 12.0 Å². The summed E-state index contributed by atoms with van der Waals surface area (Å²) in [5.74, 6) is -0.590. The number of nitrogens with zero attached hydrogens (tertiary/aromatic N) is 7. The van der Waals surface area contributed by atoms with Crippen molar-refractivity contribution in [3.05, 3.63) is 71.9 Å². The minimum absolute atomic E-state index is 0.246. The number of nitrogens with two attached hydrogens (primary N) is 1. The molecule has 4 heterocycles. The summed E-state index contributed by atoms with van der Waals surface area (Å²) in [5.41, 5.74) is 8.03. The number of nitriles is 1. The molecule has 0 amide bonds. The first kappa shape index (κ1) is 25.5. The van der Waals surface area contributed by atoms with Crippen LogP contribution in [0.5, 0.6) is 0 Å². The van der Waals surface area contributed by atoms with Gasteiger partial charge in [0.05, 0.1) is 57.4 Å². The van der Waals surface area contributed by atoms with E-state index in [1.54, 1.807) is 62.1 Å². The molecule has 0 aliphatic rings. The zero-order valence-electron chi connectivity index (χ0n) is 21.1. The first-order valence-electron chi connectivity index (χ1n) is 11.7. The average molecular weight is 527 g/mol. The Morgan fingerprint density at radius 2 is 1.77 bits per heavy atom. The Morgan fingerprint density at radius 3 is 2.41 bits per heavy atom. The van der Waals surface area contributed by atoms with Crippen molar-refractivity contribution in [2.45, 2.75) is 25.4 Å². The monoisotopic (exact) mass is 526 g/mol. The van der Waals surface area contributed by atoms with Crippen molar-refractivity contribution in [3.8, 4) is 35.4 Å². The van der Waals surface area contributed by atoms with Crippen LogP contribution < -0.4 is 11.4 Å². The molecular formula is C28H21F3N8. The fourth-order valence-electron chi connectivity index (χ4n) is 4.42. The second-order valence-electron chi connectivity index (χ2n) is 9.45. The van der Waals surface area contributed by atoms with Gasteiger partial charge in [-0.05, 0) is 49.7 Å². The maximum absolute atomic E-state index is 13.5. The number of rotatable bonds is 3. The van der Waals surface area contributed by atoms with Gasteiger partial charge in [-0.3, -0.25) is 14.5 Å². The molecule has 39 heavy (non-hydrogen) atoms. The molecule has 0 aliphatic heterocycles. The summed E-state index contributed by atoms with van der Waals surface area (Å²) >= 11 is 0. The molecular weight excluding hydrogens is 505 g/mol. The highest BCUT2D eigenvalue weighted by molar-refractivity contribution is 6.04. The number of halogens is 3. The summed E-state index contributed by atoms with van der Waals surface area (Å²) in [6.45, 7) is 3.55. The van der Waals surface area contributed by atoms with E-state index in [0.29, 0.717) is 44.5 Å². The highest BCUT2D eigenvalue weighted by atomic mass is 19.4. The number of imidazole rings is 1. The molecule has 0 spiro atoms. The van der Waals surface area contributed by atoms with Gasteiger partial charge in [0.25, 0.3) is 0 Å². The van der Waals surface area contributed by atoms with E-state index in [2.05, 4.69) is 32.1 Å². The molecule has 5 rings (SSSR count). The van der Waals surface area contributed by atoms with Gasteiger partial charge < -0.3 is 10.3 Å². The number of aryl methyl sites for hydroxylation is 1. The Kier molecular flexibility index (Phi) is 5.88. The number of terminal acetylenes is 1. The van der Waals surface area contributed by atoms with Crippen LogP contribution in [0.3, 0.4) is 0 Å². The van der Waals surface area contributed by atoms with Gasteiger partial charge in [-0.25, -0.2) is 4.98 Å². The van der Waals surface area contributed by atoms with E-state index in [9.17, 15) is 18.4 Å². The summed E-state index contributed by atoms with van der Waals surface area (Å²) in [4.78, 5) is 17.1. The van der Waals surface area contributed by atoms with Gasteiger partial charge in [0.15, 0.2) is 0 Å². The summed E-state index contributed by atoms with van der Waals surface area (Å²) in [7, 11) is 1.78. The van der Waals surface area contributed by atoms with Crippen LogP contribution in [-0.4, -0.2) is 24.1 Å². The van der Waals surface area contributed by atoms with Gasteiger partial charge in [0, 0.05) is 30.2 Å². The van der Waals surface area contributed by atoms with E-state index in [0.717, 1.165) is 6.07 Å². The quantitative estimate of drug-likeness (QED) is 0.337. The smallest absolute Gasteiger partial charge is 0.383 e. The van der Waals surface area contributed by atoms with Gasteiger partial charge in [0.1, 0.15) is 5.82 Å². The third-order valence-electron chi connectivity index (χ3n) is 6.55. The van der Waals surface area contributed by atoms with E-state index < -0.39 is 23.0 Å². The van der Waals surface area contributed by atoms with Crippen LogP contribution in [-0.2, 0) is 18.6 Å². The Bertz CT molecular complexity index is 1910. The Hall–Kier alpha value is -5.16. The highest BCUT2D eigenvalue weighted by Crippen LogP contribution is 2.36. The van der Waals surface area contributed by atoms with Crippen molar-refractivity contribution in [2.75, 3.05) is 5.73 Å². The summed E-state index contributed by atoms with van der Waals surface area (Å²) < 4.78 is 44.1. The maximum atomic E-state index is 13.5. The molecule has 8 nitrogen and oxygen atoms in total. The lowest BCUT2D eigenvalue weighted by Crippen LogP contribution is -2.23. The Morgan fingerprint density at radius 1 is 1.00 bits per heavy atom. The zero-order valence-corrected chi connectivity index (χ0v) is 21.1. The molecule has 0 bridgehead atoms. The zero-order chi connectivity index (χ0) is 28.1. The third-order valence-corrected chi connectivity index (χ3v) is 6.55. The van der Waals surface area contributed by atoms with Crippen LogP contribution in [0.25, 0.3) is 38.8 Å². The standard InChI is InChI=1S/C28H21F3N8/c1-5-34-26-38(4)22-14-35-21-8-6-16(17-11-20(28(29,30)31)25(33)37-12-17)10-19(21)24(22)39(26)18-7-9-23(36-13-18)27(2,3)15-32/h1,6-14H,2-4H3,(H2,33,37). The number of alkyl halides is 3. The van der Waals surface area contributed by atoms with Crippen molar-refractivity contribution < 1.29 is 13.2 Å². The molecule has 0 saturated carbocycles. The van der Waals surface area contributed by atoms with Crippen LogP contribution in [0.15, 0.2) is 60.0 Å². The molecule has 0 unspecified atom stereocenters. The number of hydrogen-bond acceptors (Lipinski definition) is 6. The molecule has 2 N–H and O–H groups in total. The number of pyridine rings is 3. The van der Waals surface area contributed by atoms with E-state index in [1.165, 1.54) is 6.20 Å². The number of aromatic nitrogens is 5. The Labute approximate surface area is 220 Å². The average Bonchev–Trinajstić information content (AvgIpc) is 3.20. The minimum Gasteiger partial charge on any atom is -0.383 e. The predicted molar refractivity (Wildman–Crippen MR) is 141 cm³/mol. The number of benzene rings is 1.